The van der Waals surface area contributed by atoms with Crippen LogP contribution in [0.15, 0.2) is 24.3 Å². The van der Waals surface area contributed by atoms with E-state index in [4.69, 9.17) is 5.73 Å². The molecule has 87 valence electrons. The molecule has 1 aliphatic carbocycles. The topological polar surface area (TPSA) is 26.0 Å². The largest absolute Gasteiger partial charge is 0.330 e. The number of halogens is 1. The van der Waals surface area contributed by atoms with Crippen molar-refractivity contribution in [1.29, 1.82) is 0 Å². The van der Waals surface area contributed by atoms with Gasteiger partial charge in [-0.15, -0.1) is 0 Å². The van der Waals surface area contributed by atoms with Crippen LogP contribution in [0.3, 0.4) is 0 Å². The van der Waals surface area contributed by atoms with Crippen LogP contribution in [-0.2, 0) is 0 Å². The SMILES string of the molecule is NCC1CCC([CH]c2cccc(F)c2)CC1. The Balaban J connectivity index is 1.87. The minimum Gasteiger partial charge on any atom is -0.330 e. The average molecular weight is 220 g/mol. The molecule has 1 nitrogen and oxygen atoms in total. The van der Waals surface area contributed by atoms with Crippen molar-refractivity contribution in [3.05, 3.63) is 42.1 Å². The molecule has 0 amide bonds. The summed E-state index contributed by atoms with van der Waals surface area (Å²) in [6, 6.07) is 6.84. The first kappa shape index (κ1) is 11.6. The van der Waals surface area contributed by atoms with E-state index in [0.717, 1.165) is 12.1 Å². The first-order chi connectivity index (χ1) is 7.78. The van der Waals surface area contributed by atoms with Crippen molar-refractivity contribution in [1.82, 2.24) is 0 Å². The lowest BCUT2D eigenvalue weighted by molar-refractivity contribution is 0.307. The minimum absolute atomic E-state index is 0.149. The highest BCUT2D eigenvalue weighted by Gasteiger charge is 2.20. The van der Waals surface area contributed by atoms with E-state index in [1.165, 1.54) is 31.7 Å². The summed E-state index contributed by atoms with van der Waals surface area (Å²) in [6.07, 6.45) is 7.02. The molecule has 0 aliphatic heterocycles. The predicted molar refractivity (Wildman–Crippen MR) is 64.3 cm³/mol. The summed E-state index contributed by atoms with van der Waals surface area (Å²) in [4.78, 5) is 0. The quantitative estimate of drug-likeness (QED) is 0.832. The molecule has 2 N–H and O–H groups in total. The number of hydrogen-bond donors (Lipinski definition) is 1. The summed E-state index contributed by atoms with van der Waals surface area (Å²) in [6.45, 7) is 0.812. The lowest BCUT2D eigenvalue weighted by atomic mass is 9.79. The van der Waals surface area contributed by atoms with Gasteiger partial charge in [0, 0.05) is 0 Å². The van der Waals surface area contributed by atoms with Crippen molar-refractivity contribution in [3.63, 3.8) is 0 Å². The summed E-state index contributed by atoms with van der Waals surface area (Å²) in [7, 11) is 0. The van der Waals surface area contributed by atoms with Gasteiger partial charge in [-0.1, -0.05) is 12.1 Å². The van der Waals surface area contributed by atoms with E-state index in [9.17, 15) is 4.39 Å². The van der Waals surface area contributed by atoms with Gasteiger partial charge in [0.2, 0.25) is 0 Å². The minimum atomic E-state index is -0.149. The number of nitrogens with two attached hydrogens (primary N) is 1. The van der Waals surface area contributed by atoms with E-state index >= 15 is 0 Å². The van der Waals surface area contributed by atoms with Crippen LogP contribution >= 0.6 is 0 Å². The first-order valence-corrected chi connectivity index (χ1v) is 6.08. The standard InChI is InChI=1S/C14H19FN/c15-14-3-1-2-13(9-14)8-11-4-6-12(10-16)7-5-11/h1-3,8-9,11-12H,4-7,10,16H2. The Morgan fingerprint density at radius 2 is 2.00 bits per heavy atom. The Morgan fingerprint density at radius 3 is 2.62 bits per heavy atom. The molecule has 1 radical (unpaired) electrons. The summed E-state index contributed by atoms with van der Waals surface area (Å²) in [5.41, 5.74) is 6.67. The van der Waals surface area contributed by atoms with Gasteiger partial charge in [-0.2, -0.15) is 0 Å². The van der Waals surface area contributed by atoms with E-state index in [1.54, 1.807) is 12.1 Å². The van der Waals surface area contributed by atoms with E-state index < -0.39 is 0 Å². The second-order valence-corrected chi connectivity index (χ2v) is 4.74. The molecule has 0 unspecified atom stereocenters. The molecular weight excluding hydrogens is 201 g/mol. The molecule has 1 saturated carbocycles. The molecule has 2 heteroatoms. The van der Waals surface area contributed by atoms with Gasteiger partial charge in [-0.25, -0.2) is 4.39 Å². The summed E-state index contributed by atoms with van der Waals surface area (Å²) >= 11 is 0. The molecule has 1 aromatic rings. The van der Waals surface area contributed by atoms with E-state index in [0.29, 0.717) is 11.8 Å². The second kappa shape index (κ2) is 5.44. The molecule has 0 atom stereocenters. The van der Waals surface area contributed by atoms with Gasteiger partial charge in [0.15, 0.2) is 0 Å². The highest BCUT2D eigenvalue weighted by atomic mass is 19.1. The molecule has 16 heavy (non-hydrogen) atoms. The van der Waals surface area contributed by atoms with Crippen LogP contribution in [0.2, 0.25) is 0 Å². The number of benzene rings is 1. The maximum absolute atomic E-state index is 13.0. The molecule has 0 spiro atoms. The summed E-state index contributed by atoms with van der Waals surface area (Å²) in [5, 5.41) is 0. The third-order valence-electron chi connectivity index (χ3n) is 3.50. The fourth-order valence-corrected chi connectivity index (χ4v) is 2.47. The lowest BCUT2D eigenvalue weighted by Gasteiger charge is -2.27. The monoisotopic (exact) mass is 220 g/mol. The van der Waals surface area contributed by atoms with Crippen molar-refractivity contribution >= 4 is 0 Å². The Morgan fingerprint density at radius 1 is 1.25 bits per heavy atom. The van der Waals surface area contributed by atoms with Gasteiger partial charge in [0.1, 0.15) is 5.82 Å². The van der Waals surface area contributed by atoms with Crippen molar-refractivity contribution in [2.24, 2.45) is 17.6 Å². The summed E-state index contributed by atoms with van der Waals surface area (Å²) in [5.74, 6) is 1.16. The van der Waals surface area contributed by atoms with Crippen LogP contribution in [0.4, 0.5) is 4.39 Å². The predicted octanol–water partition coefficient (Wildman–Crippen LogP) is 3.14. The summed E-state index contributed by atoms with van der Waals surface area (Å²) < 4.78 is 13.0. The van der Waals surface area contributed by atoms with Gasteiger partial charge < -0.3 is 5.73 Å². The Hall–Kier alpha value is -0.890. The zero-order valence-electron chi connectivity index (χ0n) is 9.53. The van der Waals surface area contributed by atoms with E-state index in [2.05, 4.69) is 6.42 Å². The lowest BCUT2D eigenvalue weighted by Crippen LogP contribution is -2.21. The highest BCUT2D eigenvalue weighted by molar-refractivity contribution is 5.24. The van der Waals surface area contributed by atoms with Crippen LogP contribution in [-0.4, -0.2) is 6.54 Å². The molecule has 0 bridgehead atoms. The van der Waals surface area contributed by atoms with E-state index in [1.807, 2.05) is 6.07 Å². The molecular formula is C14H19FN. The fourth-order valence-electron chi connectivity index (χ4n) is 2.47. The van der Waals surface area contributed by atoms with Crippen molar-refractivity contribution in [2.75, 3.05) is 6.54 Å². The highest BCUT2D eigenvalue weighted by Crippen LogP contribution is 2.31. The smallest absolute Gasteiger partial charge is 0.123 e. The first-order valence-electron chi connectivity index (χ1n) is 6.08. The third-order valence-corrected chi connectivity index (χ3v) is 3.50. The van der Waals surface area contributed by atoms with Crippen LogP contribution in [0.25, 0.3) is 0 Å². The van der Waals surface area contributed by atoms with Gasteiger partial charge in [-0.3, -0.25) is 0 Å². The third kappa shape index (κ3) is 3.05. The molecule has 0 saturated heterocycles. The maximum atomic E-state index is 13.0. The van der Waals surface area contributed by atoms with Crippen molar-refractivity contribution < 1.29 is 4.39 Å². The van der Waals surface area contributed by atoms with Gasteiger partial charge in [0.05, 0.1) is 0 Å². The fraction of sp³-hybridized carbons (Fsp3) is 0.500. The van der Waals surface area contributed by atoms with Crippen LogP contribution in [0, 0.1) is 24.1 Å². The Labute approximate surface area is 96.9 Å². The normalized spacial score (nSPS) is 25.6. The second-order valence-electron chi connectivity index (χ2n) is 4.74. The van der Waals surface area contributed by atoms with Gasteiger partial charge in [0.25, 0.3) is 0 Å². The van der Waals surface area contributed by atoms with Crippen LogP contribution < -0.4 is 5.73 Å². The molecule has 1 aliphatic rings. The molecule has 0 aromatic heterocycles. The molecule has 0 heterocycles. The zero-order valence-corrected chi connectivity index (χ0v) is 9.53. The zero-order chi connectivity index (χ0) is 11.4. The maximum Gasteiger partial charge on any atom is 0.123 e. The Kier molecular flexibility index (Phi) is 3.94. The Bertz CT molecular complexity index is 329. The van der Waals surface area contributed by atoms with Crippen molar-refractivity contribution in [3.8, 4) is 0 Å². The average Bonchev–Trinajstić information content (AvgIpc) is 2.30. The van der Waals surface area contributed by atoms with E-state index in [-0.39, 0.29) is 5.82 Å². The molecule has 2 rings (SSSR count). The van der Waals surface area contributed by atoms with Crippen LogP contribution in [0.1, 0.15) is 31.2 Å². The van der Waals surface area contributed by atoms with Gasteiger partial charge >= 0.3 is 0 Å². The molecule has 1 fully saturated rings. The molecule has 1 aromatic carbocycles. The van der Waals surface area contributed by atoms with Crippen LogP contribution in [0.5, 0.6) is 0 Å². The van der Waals surface area contributed by atoms with Crippen molar-refractivity contribution in [2.45, 2.75) is 25.7 Å². The van der Waals surface area contributed by atoms with Gasteiger partial charge in [-0.05, 0) is 68.2 Å². The number of hydrogen-bond acceptors (Lipinski definition) is 1. The number of rotatable bonds is 3.